The number of H-pyrrole nitrogens is 1. The minimum absolute atomic E-state index is 0.167. The summed E-state index contributed by atoms with van der Waals surface area (Å²) in [7, 11) is 0. The molecule has 4 nitrogen and oxygen atoms in total. The number of aromatic amines is 1. The Labute approximate surface area is 114 Å². The van der Waals surface area contributed by atoms with Gasteiger partial charge in [-0.15, -0.1) is 0 Å². The predicted molar refractivity (Wildman–Crippen MR) is 74.9 cm³/mol. The van der Waals surface area contributed by atoms with Gasteiger partial charge in [-0.1, -0.05) is 11.6 Å². The second-order valence-corrected chi connectivity index (χ2v) is 5.11. The van der Waals surface area contributed by atoms with Crippen molar-refractivity contribution in [3.05, 3.63) is 45.1 Å². The summed E-state index contributed by atoms with van der Waals surface area (Å²) >= 11 is 3.38. The Morgan fingerprint density at radius 3 is 2.67 bits per heavy atom. The Morgan fingerprint density at radius 1 is 1.33 bits per heavy atom. The van der Waals surface area contributed by atoms with Gasteiger partial charge in [0.2, 0.25) is 0 Å². The van der Waals surface area contributed by atoms with Crippen molar-refractivity contribution in [3.63, 3.8) is 0 Å². The van der Waals surface area contributed by atoms with Crippen LogP contribution in [0.5, 0.6) is 0 Å². The van der Waals surface area contributed by atoms with Crippen LogP contribution in [0, 0.1) is 20.8 Å². The zero-order valence-corrected chi connectivity index (χ0v) is 12.1. The highest BCUT2D eigenvalue weighted by molar-refractivity contribution is 9.10. The van der Waals surface area contributed by atoms with Crippen LogP contribution in [0.2, 0.25) is 0 Å². The second kappa shape index (κ2) is 4.94. The molecule has 0 radical (unpaired) electrons. The largest absolute Gasteiger partial charge is 0.305 e. The van der Waals surface area contributed by atoms with Crippen LogP contribution in [0.1, 0.15) is 27.2 Å². The summed E-state index contributed by atoms with van der Waals surface area (Å²) in [5.41, 5.74) is 3.55. The van der Waals surface area contributed by atoms with Crippen LogP contribution in [-0.4, -0.2) is 16.1 Å². The number of aromatic nitrogens is 2. The number of benzene rings is 1. The first-order valence-electron chi connectivity index (χ1n) is 5.58. The van der Waals surface area contributed by atoms with Gasteiger partial charge in [-0.3, -0.25) is 9.89 Å². The van der Waals surface area contributed by atoms with E-state index >= 15 is 0 Å². The lowest BCUT2D eigenvalue weighted by atomic mass is 10.1. The number of hydrogen-bond acceptors (Lipinski definition) is 2. The average Bonchev–Trinajstić information content (AvgIpc) is 2.64. The van der Waals surface area contributed by atoms with E-state index in [1.165, 1.54) is 0 Å². The number of carbonyl (C=O) groups is 1. The van der Waals surface area contributed by atoms with Gasteiger partial charge in [-0.2, -0.15) is 5.10 Å². The van der Waals surface area contributed by atoms with Gasteiger partial charge < -0.3 is 5.32 Å². The molecule has 2 N–H and O–H groups in total. The maximum atomic E-state index is 12.2. The van der Waals surface area contributed by atoms with Crippen molar-refractivity contribution < 1.29 is 4.79 Å². The molecule has 0 bridgehead atoms. The van der Waals surface area contributed by atoms with Crippen LogP contribution in [0.4, 0.5) is 5.82 Å². The monoisotopic (exact) mass is 307 g/mol. The number of nitrogens with zero attached hydrogens (tertiary/aromatic N) is 1. The minimum atomic E-state index is -0.167. The number of anilines is 1. The number of nitrogens with one attached hydrogen (secondary N) is 2. The fraction of sp³-hybridized carbons (Fsp3) is 0.231. The van der Waals surface area contributed by atoms with Crippen molar-refractivity contribution in [1.82, 2.24) is 10.2 Å². The minimum Gasteiger partial charge on any atom is -0.305 e. The quantitative estimate of drug-likeness (QED) is 0.894. The molecule has 0 unspecified atom stereocenters. The molecule has 0 spiro atoms. The van der Waals surface area contributed by atoms with Crippen molar-refractivity contribution in [2.24, 2.45) is 0 Å². The van der Waals surface area contributed by atoms with E-state index in [4.69, 9.17) is 0 Å². The predicted octanol–water partition coefficient (Wildman–Crippen LogP) is 3.35. The number of hydrogen-bond donors (Lipinski definition) is 2. The Kier molecular flexibility index (Phi) is 3.52. The van der Waals surface area contributed by atoms with Gasteiger partial charge >= 0.3 is 0 Å². The number of amides is 1. The van der Waals surface area contributed by atoms with Crippen LogP contribution in [0.25, 0.3) is 0 Å². The molecular formula is C13H14BrN3O. The van der Waals surface area contributed by atoms with Gasteiger partial charge in [0.15, 0.2) is 5.82 Å². The first kappa shape index (κ1) is 12.8. The molecule has 2 rings (SSSR count). The molecule has 1 aromatic heterocycles. The lowest BCUT2D eigenvalue weighted by Crippen LogP contribution is -2.13. The first-order valence-corrected chi connectivity index (χ1v) is 6.37. The molecule has 0 atom stereocenters. The van der Waals surface area contributed by atoms with E-state index in [9.17, 15) is 4.79 Å². The van der Waals surface area contributed by atoms with Crippen molar-refractivity contribution >= 4 is 27.7 Å². The summed E-state index contributed by atoms with van der Waals surface area (Å²) in [5.74, 6) is 0.408. The van der Waals surface area contributed by atoms with Crippen LogP contribution in [0.3, 0.4) is 0 Å². The SMILES string of the molecule is Cc1ccc(Br)c(C(=O)Nc2n[nH]c(C)c2C)c1. The number of aryl methyl sites for hydroxylation is 2. The summed E-state index contributed by atoms with van der Waals surface area (Å²) in [6.45, 7) is 5.79. The maximum absolute atomic E-state index is 12.2. The molecule has 94 valence electrons. The summed E-state index contributed by atoms with van der Waals surface area (Å²) in [6, 6.07) is 5.66. The molecule has 0 saturated carbocycles. The van der Waals surface area contributed by atoms with Gasteiger partial charge in [-0.05, 0) is 48.8 Å². The molecule has 0 aliphatic heterocycles. The molecule has 0 aliphatic carbocycles. The molecule has 0 aliphatic rings. The van der Waals surface area contributed by atoms with E-state index in [2.05, 4.69) is 31.4 Å². The van der Waals surface area contributed by atoms with Crippen molar-refractivity contribution in [2.75, 3.05) is 5.32 Å². The third-order valence-corrected chi connectivity index (χ3v) is 3.54. The molecule has 5 heteroatoms. The highest BCUT2D eigenvalue weighted by Gasteiger charge is 2.13. The second-order valence-electron chi connectivity index (χ2n) is 4.26. The fourth-order valence-corrected chi connectivity index (χ4v) is 2.02. The Balaban J connectivity index is 2.27. The van der Waals surface area contributed by atoms with Crippen molar-refractivity contribution in [2.45, 2.75) is 20.8 Å². The smallest absolute Gasteiger partial charge is 0.258 e. The van der Waals surface area contributed by atoms with Crippen molar-refractivity contribution in [1.29, 1.82) is 0 Å². The lowest BCUT2D eigenvalue weighted by Gasteiger charge is -2.06. The molecular weight excluding hydrogens is 294 g/mol. The zero-order valence-electron chi connectivity index (χ0n) is 10.5. The van der Waals surface area contributed by atoms with E-state index in [1.807, 2.05) is 39.0 Å². The molecule has 0 fully saturated rings. The Hall–Kier alpha value is -1.62. The highest BCUT2D eigenvalue weighted by atomic mass is 79.9. The molecule has 2 aromatic rings. The molecule has 0 saturated heterocycles. The van der Waals surface area contributed by atoms with Gasteiger partial charge in [0.1, 0.15) is 0 Å². The van der Waals surface area contributed by atoms with Crippen LogP contribution in [-0.2, 0) is 0 Å². The van der Waals surface area contributed by atoms with Gasteiger partial charge in [0.05, 0.1) is 5.56 Å². The number of rotatable bonds is 2. The highest BCUT2D eigenvalue weighted by Crippen LogP contribution is 2.20. The maximum Gasteiger partial charge on any atom is 0.258 e. The van der Waals surface area contributed by atoms with Crippen LogP contribution >= 0.6 is 15.9 Å². The average molecular weight is 308 g/mol. The molecule has 18 heavy (non-hydrogen) atoms. The molecule has 1 amide bonds. The summed E-state index contributed by atoms with van der Waals surface area (Å²) < 4.78 is 0.774. The Bertz CT molecular complexity index is 604. The van der Waals surface area contributed by atoms with E-state index in [-0.39, 0.29) is 5.91 Å². The third-order valence-electron chi connectivity index (χ3n) is 2.85. The van der Waals surface area contributed by atoms with Crippen LogP contribution in [0.15, 0.2) is 22.7 Å². The van der Waals surface area contributed by atoms with Gasteiger partial charge in [-0.25, -0.2) is 0 Å². The normalized spacial score (nSPS) is 10.4. The van der Waals surface area contributed by atoms with E-state index < -0.39 is 0 Å². The summed E-state index contributed by atoms with van der Waals surface area (Å²) in [5, 5.41) is 9.71. The van der Waals surface area contributed by atoms with E-state index in [1.54, 1.807) is 0 Å². The summed E-state index contributed by atoms with van der Waals surface area (Å²) in [4.78, 5) is 12.2. The number of carbonyl (C=O) groups excluding carboxylic acids is 1. The Morgan fingerprint density at radius 2 is 2.06 bits per heavy atom. The molecule has 1 aromatic carbocycles. The first-order chi connectivity index (χ1) is 8.49. The van der Waals surface area contributed by atoms with Crippen molar-refractivity contribution in [3.8, 4) is 0 Å². The van der Waals surface area contributed by atoms with Gasteiger partial charge in [0, 0.05) is 15.7 Å². The van der Waals surface area contributed by atoms with E-state index in [0.717, 1.165) is 21.3 Å². The molecule has 1 heterocycles. The standard InChI is InChI=1S/C13H14BrN3O/c1-7-4-5-11(14)10(6-7)13(18)15-12-8(2)9(3)16-17-12/h4-6H,1-3H3,(H2,15,16,17,18). The fourth-order valence-electron chi connectivity index (χ4n) is 1.59. The summed E-state index contributed by atoms with van der Waals surface area (Å²) in [6.07, 6.45) is 0. The third kappa shape index (κ3) is 2.46. The lowest BCUT2D eigenvalue weighted by molar-refractivity contribution is 0.102. The van der Waals surface area contributed by atoms with E-state index in [0.29, 0.717) is 11.4 Å². The van der Waals surface area contributed by atoms with Crippen LogP contribution < -0.4 is 5.32 Å². The topological polar surface area (TPSA) is 57.8 Å². The number of halogens is 1. The zero-order chi connectivity index (χ0) is 13.3. The van der Waals surface area contributed by atoms with Gasteiger partial charge in [0.25, 0.3) is 5.91 Å².